The van der Waals surface area contributed by atoms with Gasteiger partial charge in [-0.05, 0) is 24.3 Å². The lowest BCUT2D eigenvalue weighted by molar-refractivity contribution is -0.894. The lowest BCUT2D eigenvalue weighted by Crippen LogP contribution is -2.58. The zero-order valence-electron chi connectivity index (χ0n) is 28.1. The predicted octanol–water partition coefficient (Wildman–Crippen LogP) is 2.02. The second-order valence-electron chi connectivity index (χ2n) is 12.5. The average Bonchev–Trinajstić information content (AvgIpc) is 3.57. The van der Waals surface area contributed by atoms with Crippen LogP contribution in [0.1, 0.15) is 27.4 Å². The van der Waals surface area contributed by atoms with E-state index in [0.29, 0.717) is 55.8 Å². The number of nitrogens with one attached hydrogen (secondary N) is 1. The summed E-state index contributed by atoms with van der Waals surface area (Å²) in [5.41, 5.74) is 0.550. The van der Waals surface area contributed by atoms with Crippen LogP contribution in [0.25, 0.3) is 11.3 Å². The van der Waals surface area contributed by atoms with Crippen LogP contribution in [-0.2, 0) is 21.4 Å². The molecule has 0 bridgehead atoms. The number of aliphatic hydroxyl groups excluding tert-OH is 1. The minimum atomic E-state index is -0.910. The van der Waals surface area contributed by atoms with Crippen molar-refractivity contribution in [3.63, 3.8) is 0 Å². The average molecular weight is 706 g/mol. The van der Waals surface area contributed by atoms with Crippen LogP contribution in [0.3, 0.4) is 0 Å². The molecule has 17 heteroatoms. The van der Waals surface area contributed by atoms with E-state index in [-0.39, 0.29) is 51.3 Å². The third kappa shape index (κ3) is 8.14. The van der Waals surface area contributed by atoms with Gasteiger partial charge in [-0.25, -0.2) is 9.37 Å². The topological polar surface area (TPSA) is 150 Å². The van der Waals surface area contributed by atoms with E-state index in [9.17, 15) is 28.3 Å². The van der Waals surface area contributed by atoms with Crippen LogP contribution in [0, 0.1) is 11.8 Å². The molecule has 1 aromatic carbocycles. The summed E-state index contributed by atoms with van der Waals surface area (Å²) in [5.74, 6) is -2.80. The van der Waals surface area contributed by atoms with Crippen molar-refractivity contribution in [3.8, 4) is 11.3 Å². The zero-order chi connectivity index (χ0) is 36.2. The lowest BCUT2D eigenvalue weighted by Gasteiger charge is -2.38. The molecule has 2 fully saturated rings. The summed E-state index contributed by atoms with van der Waals surface area (Å²) >= 11 is 6.47. The molecule has 2 atom stereocenters. The number of pyridine rings is 1. The Morgan fingerprint density at radius 3 is 2.31 bits per heavy atom. The Balaban J connectivity index is 0.00000128. The molecule has 14 nitrogen and oxygen atoms in total. The highest BCUT2D eigenvalue weighted by atomic mass is 35.5. The Labute approximate surface area is 287 Å². The van der Waals surface area contributed by atoms with Gasteiger partial charge >= 0.3 is 0 Å². The van der Waals surface area contributed by atoms with Crippen molar-refractivity contribution in [2.24, 2.45) is 7.05 Å². The van der Waals surface area contributed by atoms with Gasteiger partial charge in [-0.3, -0.25) is 19.2 Å². The fourth-order valence-electron chi connectivity index (χ4n) is 5.97. The number of anilines is 2. The van der Waals surface area contributed by atoms with Gasteiger partial charge in [0.1, 0.15) is 12.6 Å². The van der Waals surface area contributed by atoms with Gasteiger partial charge in [0.15, 0.2) is 23.5 Å². The third-order valence-electron chi connectivity index (χ3n) is 8.54. The predicted molar refractivity (Wildman–Crippen MR) is 177 cm³/mol. The molecule has 49 heavy (non-hydrogen) atoms. The van der Waals surface area contributed by atoms with Crippen LogP contribution >= 0.6 is 11.6 Å². The number of hydrogen-bond donors (Lipinski definition) is 2. The highest BCUT2D eigenvalue weighted by molar-refractivity contribution is 6.34. The fraction of sp³-hybridized carbons (Fsp3) is 0.438. The first-order chi connectivity index (χ1) is 23.1. The van der Waals surface area contributed by atoms with E-state index >= 15 is 0 Å². The number of methoxy groups -OCH3 is 1. The monoisotopic (exact) mass is 705 g/mol. The van der Waals surface area contributed by atoms with Crippen molar-refractivity contribution in [3.05, 3.63) is 58.6 Å². The van der Waals surface area contributed by atoms with Gasteiger partial charge in [0.25, 0.3) is 24.2 Å². The number of quaternary nitrogens is 1. The lowest BCUT2D eigenvalue weighted by atomic mass is 10.1. The number of piperazine rings is 1. The smallest absolute Gasteiger partial charge is 0.292 e. The zero-order valence-corrected chi connectivity index (χ0v) is 28.9. The second-order valence-corrected chi connectivity index (χ2v) is 12.9. The van der Waals surface area contributed by atoms with Gasteiger partial charge in [0.2, 0.25) is 5.95 Å². The number of rotatable bonds is 7. The molecule has 2 saturated heterocycles. The van der Waals surface area contributed by atoms with E-state index in [1.807, 2.05) is 14.1 Å². The number of likely N-dealkylation sites (tertiary alicyclic amines) is 1. The Kier molecular flexibility index (Phi) is 11.6. The number of benzene rings is 1. The Morgan fingerprint density at radius 2 is 1.76 bits per heavy atom. The summed E-state index contributed by atoms with van der Waals surface area (Å²) in [6.07, 6.45) is 1.17. The molecule has 3 aromatic rings. The molecule has 0 radical (unpaired) electrons. The maximum atomic E-state index is 14.7. The van der Waals surface area contributed by atoms with E-state index in [4.69, 9.17) is 16.4 Å². The highest BCUT2D eigenvalue weighted by Gasteiger charge is 2.46. The number of nitrogens with zero attached hydrogens (tertiary/aromatic N) is 7. The van der Waals surface area contributed by atoms with Gasteiger partial charge in [-0.1, -0.05) is 11.6 Å². The number of carbonyl (C=O) groups excluding carboxylic acids is 4. The van der Waals surface area contributed by atoms with Crippen molar-refractivity contribution < 1.29 is 42.3 Å². The number of ether oxygens (including phenoxy) is 1. The van der Waals surface area contributed by atoms with Gasteiger partial charge < -0.3 is 38.9 Å². The largest absolute Gasteiger partial charge is 0.471 e. The standard InChI is InChI=1S/C30H35ClF2N8O4.C2H4O2/c1-37(2)26-22(32)14-20(25(33)36-26)23-15-34-27(38(23)3)28(43)35-17-6-7-19(21(31)12-17)29(44)39-8-10-40(11-9-39)30(45)24-13-18(42)16-41(24,4)5;1-4-2-3/h6-7,12,14-15,18,24,42H,8-11,13,16H2,1-5H3;2H,1H3/p+1/t18-,24+;/m1./s1. The molecule has 4 heterocycles. The first-order valence-electron chi connectivity index (χ1n) is 15.3. The highest BCUT2D eigenvalue weighted by Crippen LogP contribution is 2.29. The van der Waals surface area contributed by atoms with Crippen molar-refractivity contribution >= 4 is 47.3 Å². The normalized spacial score (nSPS) is 18.3. The fourth-order valence-corrected chi connectivity index (χ4v) is 6.23. The first kappa shape index (κ1) is 37.2. The summed E-state index contributed by atoms with van der Waals surface area (Å²) in [6.45, 7) is 2.32. The van der Waals surface area contributed by atoms with E-state index in [2.05, 4.69) is 20.0 Å². The molecule has 264 valence electrons. The minimum Gasteiger partial charge on any atom is -0.471 e. The molecule has 0 saturated carbocycles. The summed E-state index contributed by atoms with van der Waals surface area (Å²) in [7, 11) is 9.77. The van der Waals surface area contributed by atoms with E-state index in [1.54, 1.807) is 23.9 Å². The van der Waals surface area contributed by atoms with Crippen LogP contribution in [0.15, 0.2) is 30.5 Å². The molecule has 2 aliphatic heterocycles. The van der Waals surface area contributed by atoms with Gasteiger partial charge in [-0.2, -0.15) is 9.37 Å². The number of amides is 3. The Bertz CT molecular complexity index is 1730. The van der Waals surface area contributed by atoms with Crippen molar-refractivity contribution in [2.75, 3.05) is 78.2 Å². The molecule has 0 aliphatic carbocycles. The molecule has 5 rings (SSSR count). The van der Waals surface area contributed by atoms with E-state index in [0.717, 1.165) is 6.07 Å². The maximum Gasteiger partial charge on any atom is 0.292 e. The van der Waals surface area contributed by atoms with E-state index in [1.165, 1.54) is 48.0 Å². The molecule has 0 spiro atoms. The Hall–Kier alpha value is -4.67. The van der Waals surface area contributed by atoms with Gasteiger partial charge in [-0.15, -0.1) is 0 Å². The maximum absolute atomic E-state index is 14.7. The summed E-state index contributed by atoms with van der Waals surface area (Å²) < 4.78 is 34.8. The van der Waals surface area contributed by atoms with Crippen LogP contribution in [-0.4, -0.2) is 138 Å². The molecule has 2 aliphatic rings. The number of likely N-dealkylation sites (N-methyl/N-ethyl adjacent to an activating group) is 1. The molecule has 3 amide bonds. The molecule has 2 aromatic heterocycles. The molecular weight excluding hydrogens is 666 g/mol. The number of imidazole rings is 1. The number of halogens is 3. The Morgan fingerprint density at radius 1 is 1.12 bits per heavy atom. The summed E-state index contributed by atoms with van der Waals surface area (Å²) in [6, 6.07) is 5.18. The van der Waals surface area contributed by atoms with Crippen molar-refractivity contribution in [1.29, 1.82) is 0 Å². The quantitative estimate of drug-likeness (QED) is 0.214. The van der Waals surface area contributed by atoms with Crippen molar-refractivity contribution in [1.82, 2.24) is 24.3 Å². The first-order valence-corrected chi connectivity index (χ1v) is 15.7. The minimum absolute atomic E-state index is 0.0159. The number of aromatic nitrogens is 3. The van der Waals surface area contributed by atoms with Crippen LogP contribution in [0.5, 0.6) is 0 Å². The summed E-state index contributed by atoms with van der Waals surface area (Å²) in [4.78, 5) is 60.9. The SMILES string of the molecule is CN(C)c1nc(F)c(-c2cnc(C(=O)Nc3ccc(C(=O)N4CCN(C(=O)[C@@H]5C[C@@H](O)C[N+]5(C)C)CC4)c(Cl)c3)n2C)cc1F.COC=O. The van der Waals surface area contributed by atoms with Crippen LogP contribution in [0.2, 0.25) is 5.02 Å². The molecule has 0 unspecified atom stereocenters. The number of hydrogen-bond acceptors (Lipinski definition) is 9. The van der Waals surface area contributed by atoms with Crippen LogP contribution < -0.4 is 10.2 Å². The van der Waals surface area contributed by atoms with Gasteiger partial charge in [0, 0.05) is 59.4 Å². The number of aliphatic hydroxyl groups is 1. The van der Waals surface area contributed by atoms with Crippen LogP contribution in [0.4, 0.5) is 20.3 Å². The van der Waals surface area contributed by atoms with Gasteiger partial charge in [0.05, 0.1) is 49.2 Å². The molecular formula is C32H40ClF2N8O6+. The van der Waals surface area contributed by atoms with E-state index < -0.39 is 23.8 Å². The summed E-state index contributed by atoms with van der Waals surface area (Å²) in [5, 5.41) is 12.9. The molecule has 2 N–H and O–H groups in total. The third-order valence-corrected chi connectivity index (χ3v) is 8.85. The van der Waals surface area contributed by atoms with Crippen molar-refractivity contribution in [2.45, 2.75) is 18.6 Å². The number of carbonyl (C=O) groups is 4. The second kappa shape index (κ2) is 15.3.